The van der Waals surface area contributed by atoms with Gasteiger partial charge in [0.05, 0.1) is 6.61 Å². The van der Waals surface area contributed by atoms with E-state index in [4.69, 9.17) is 5.73 Å². The molecule has 0 saturated carbocycles. The van der Waals surface area contributed by atoms with Crippen LogP contribution in [0.15, 0.2) is 24.3 Å². The van der Waals surface area contributed by atoms with E-state index < -0.39 is 5.41 Å². The van der Waals surface area contributed by atoms with Crippen LogP contribution in [-0.2, 0) is 5.41 Å². The van der Waals surface area contributed by atoms with E-state index in [0.717, 1.165) is 24.2 Å². The number of rotatable bonds is 7. The number of aliphatic hydroxyl groups is 1. The van der Waals surface area contributed by atoms with Crippen LogP contribution in [0.25, 0.3) is 0 Å². The molecule has 0 fully saturated rings. The topological polar surface area (TPSA) is 46.2 Å². The molecule has 17 heavy (non-hydrogen) atoms. The van der Waals surface area contributed by atoms with Crippen molar-refractivity contribution in [2.45, 2.75) is 18.3 Å². The molecule has 1 atom stereocenters. The number of benzene rings is 1. The first-order valence-electron chi connectivity index (χ1n) is 5.74. The molecule has 3 N–H and O–H groups in total. The van der Waals surface area contributed by atoms with Gasteiger partial charge in [-0.15, -0.1) is 0 Å². The van der Waals surface area contributed by atoms with Crippen LogP contribution in [0, 0.1) is 5.82 Å². The summed E-state index contributed by atoms with van der Waals surface area (Å²) < 4.78 is 13.2. The zero-order chi connectivity index (χ0) is 12.7. The third kappa shape index (κ3) is 3.69. The van der Waals surface area contributed by atoms with E-state index in [1.807, 2.05) is 12.3 Å². The molecular formula is C13H20FNOS. The van der Waals surface area contributed by atoms with Crippen molar-refractivity contribution in [3.63, 3.8) is 0 Å². The smallest absolute Gasteiger partial charge is 0.123 e. The van der Waals surface area contributed by atoms with Gasteiger partial charge in [0.15, 0.2) is 0 Å². The van der Waals surface area contributed by atoms with Gasteiger partial charge in [-0.05, 0) is 42.5 Å². The Morgan fingerprint density at radius 2 is 2.24 bits per heavy atom. The van der Waals surface area contributed by atoms with Gasteiger partial charge in [0.25, 0.3) is 0 Å². The fourth-order valence-corrected chi connectivity index (χ4v) is 2.41. The van der Waals surface area contributed by atoms with Crippen molar-refractivity contribution in [2.24, 2.45) is 5.73 Å². The molecule has 4 heteroatoms. The molecule has 0 aromatic heterocycles. The summed E-state index contributed by atoms with van der Waals surface area (Å²) in [5.41, 5.74) is 6.09. The Bertz CT molecular complexity index is 342. The van der Waals surface area contributed by atoms with Gasteiger partial charge >= 0.3 is 0 Å². The van der Waals surface area contributed by atoms with Crippen LogP contribution < -0.4 is 5.73 Å². The molecule has 0 amide bonds. The number of hydrogen-bond donors (Lipinski definition) is 2. The number of thioether (sulfide) groups is 1. The quantitative estimate of drug-likeness (QED) is 0.736. The molecule has 1 rings (SSSR count). The molecule has 0 saturated heterocycles. The van der Waals surface area contributed by atoms with Crippen molar-refractivity contribution in [2.75, 3.05) is 25.2 Å². The third-order valence-corrected chi connectivity index (χ3v) is 3.83. The molecule has 0 aliphatic heterocycles. The van der Waals surface area contributed by atoms with Crippen molar-refractivity contribution in [3.05, 3.63) is 35.6 Å². The summed E-state index contributed by atoms with van der Waals surface area (Å²) in [6.45, 7) is 0.294. The van der Waals surface area contributed by atoms with Crippen LogP contribution in [0.4, 0.5) is 4.39 Å². The minimum Gasteiger partial charge on any atom is -0.395 e. The van der Waals surface area contributed by atoms with E-state index in [1.54, 1.807) is 17.8 Å². The SMILES string of the molecule is CSCCCC(CN)(CO)c1cccc(F)c1. The molecule has 0 radical (unpaired) electrons. The molecule has 96 valence electrons. The first kappa shape index (κ1) is 14.5. The molecule has 1 aromatic rings. The van der Waals surface area contributed by atoms with E-state index in [2.05, 4.69) is 0 Å². The summed E-state index contributed by atoms with van der Waals surface area (Å²) in [7, 11) is 0. The Balaban J connectivity index is 2.89. The van der Waals surface area contributed by atoms with E-state index in [-0.39, 0.29) is 12.4 Å². The second-order valence-corrected chi connectivity index (χ2v) is 5.23. The Morgan fingerprint density at radius 1 is 1.47 bits per heavy atom. The lowest BCUT2D eigenvalue weighted by atomic mass is 9.77. The number of hydrogen-bond acceptors (Lipinski definition) is 3. The fraction of sp³-hybridized carbons (Fsp3) is 0.538. The van der Waals surface area contributed by atoms with Crippen LogP contribution >= 0.6 is 11.8 Å². The van der Waals surface area contributed by atoms with Crippen molar-refractivity contribution in [3.8, 4) is 0 Å². The summed E-state index contributed by atoms with van der Waals surface area (Å²) in [6.07, 6.45) is 3.80. The standard InChI is InChI=1S/C13H20FNOS/c1-17-7-3-6-13(9-15,10-16)11-4-2-5-12(14)8-11/h2,4-5,8,16H,3,6-7,9-10,15H2,1H3. The normalized spacial score (nSPS) is 14.6. The molecular weight excluding hydrogens is 237 g/mol. The van der Waals surface area contributed by atoms with Crippen LogP contribution in [-0.4, -0.2) is 30.3 Å². The third-order valence-electron chi connectivity index (χ3n) is 3.13. The Hall–Kier alpha value is -0.580. The average molecular weight is 257 g/mol. The predicted octanol–water partition coefficient (Wildman–Crippen LogP) is 2.16. The summed E-state index contributed by atoms with van der Waals surface area (Å²) in [4.78, 5) is 0. The predicted molar refractivity (Wildman–Crippen MR) is 71.8 cm³/mol. The van der Waals surface area contributed by atoms with E-state index in [1.165, 1.54) is 12.1 Å². The van der Waals surface area contributed by atoms with Crippen LogP contribution in [0.3, 0.4) is 0 Å². The summed E-state index contributed by atoms with van der Waals surface area (Å²) in [5, 5.41) is 9.61. The zero-order valence-corrected chi connectivity index (χ0v) is 11.0. The minimum atomic E-state index is -0.502. The van der Waals surface area contributed by atoms with Crippen LogP contribution in [0.1, 0.15) is 18.4 Å². The van der Waals surface area contributed by atoms with Crippen molar-refractivity contribution in [1.29, 1.82) is 0 Å². The second kappa shape index (κ2) is 6.99. The highest BCUT2D eigenvalue weighted by Gasteiger charge is 2.29. The monoisotopic (exact) mass is 257 g/mol. The van der Waals surface area contributed by atoms with Crippen LogP contribution in [0.5, 0.6) is 0 Å². The highest BCUT2D eigenvalue weighted by molar-refractivity contribution is 7.98. The summed E-state index contributed by atoms with van der Waals surface area (Å²) >= 11 is 1.77. The molecule has 1 unspecified atom stereocenters. The van der Waals surface area contributed by atoms with Gasteiger partial charge in [0.2, 0.25) is 0 Å². The number of aliphatic hydroxyl groups excluding tert-OH is 1. The molecule has 2 nitrogen and oxygen atoms in total. The van der Waals surface area contributed by atoms with Gasteiger partial charge in [-0.2, -0.15) is 11.8 Å². The van der Waals surface area contributed by atoms with E-state index in [0.29, 0.717) is 6.54 Å². The molecule has 0 bridgehead atoms. The van der Waals surface area contributed by atoms with Crippen molar-refractivity contribution >= 4 is 11.8 Å². The highest BCUT2D eigenvalue weighted by Crippen LogP contribution is 2.29. The van der Waals surface area contributed by atoms with E-state index in [9.17, 15) is 9.50 Å². The maximum Gasteiger partial charge on any atom is 0.123 e. The maximum atomic E-state index is 13.2. The zero-order valence-electron chi connectivity index (χ0n) is 10.2. The lowest BCUT2D eigenvalue weighted by molar-refractivity contribution is 0.187. The number of nitrogens with two attached hydrogens (primary N) is 1. The maximum absolute atomic E-state index is 13.2. The first-order valence-corrected chi connectivity index (χ1v) is 7.14. The molecule has 0 aliphatic carbocycles. The number of halogens is 1. The molecule has 0 spiro atoms. The molecule has 1 aromatic carbocycles. The van der Waals surface area contributed by atoms with Crippen molar-refractivity contribution in [1.82, 2.24) is 0 Å². The average Bonchev–Trinajstić information content (AvgIpc) is 2.35. The largest absolute Gasteiger partial charge is 0.395 e. The van der Waals surface area contributed by atoms with Gasteiger partial charge in [-0.25, -0.2) is 4.39 Å². The van der Waals surface area contributed by atoms with Gasteiger partial charge < -0.3 is 10.8 Å². The lowest BCUT2D eigenvalue weighted by Gasteiger charge is -2.31. The van der Waals surface area contributed by atoms with E-state index >= 15 is 0 Å². The Morgan fingerprint density at radius 3 is 2.76 bits per heavy atom. The van der Waals surface area contributed by atoms with Gasteiger partial charge in [-0.3, -0.25) is 0 Å². The minimum absolute atomic E-state index is 0.0403. The van der Waals surface area contributed by atoms with Gasteiger partial charge in [-0.1, -0.05) is 12.1 Å². The highest BCUT2D eigenvalue weighted by atomic mass is 32.2. The Kier molecular flexibility index (Phi) is 5.95. The first-order chi connectivity index (χ1) is 8.18. The Labute approximate surface area is 106 Å². The summed E-state index contributed by atoms with van der Waals surface area (Å²) in [5.74, 6) is 0.746. The van der Waals surface area contributed by atoms with Crippen LogP contribution in [0.2, 0.25) is 0 Å². The van der Waals surface area contributed by atoms with Crippen molar-refractivity contribution < 1.29 is 9.50 Å². The molecule has 0 aliphatic rings. The second-order valence-electron chi connectivity index (χ2n) is 4.25. The lowest BCUT2D eigenvalue weighted by Crippen LogP contribution is -2.39. The van der Waals surface area contributed by atoms with Gasteiger partial charge in [0.1, 0.15) is 5.82 Å². The molecule has 0 heterocycles. The fourth-order valence-electron chi connectivity index (χ4n) is 1.97. The summed E-state index contributed by atoms with van der Waals surface area (Å²) in [6, 6.07) is 6.39. The van der Waals surface area contributed by atoms with Gasteiger partial charge in [0, 0.05) is 12.0 Å².